The molecule has 6 nitrogen and oxygen atoms in total. The van der Waals surface area contributed by atoms with Gasteiger partial charge in [-0.15, -0.1) is 0 Å². The predicted molar refractivity (Wildman–Crippen MR) is 98.4 cm³/mol. The van der Waals surface area contributed by atoms with E-state index in [9.17, 15) is 14.7 Å². The van der Waals surface area contributed by atoms with E-state index in [0.717, 1.165) is 16.5 Å². The fourth-order valence-electron chi connectivity index (χ4n) is 2.64. The number of benzene rings is 2. The van der Waals surface area contributed by atoms with E-state index in [4.69, 9.17) is 0 Å². The number of nitrogens with zero attached hydrogens (tertiary/aromatic N) is 1. The van der Waals surface area contributed by atoms with Gasteiger partial charge in [0.1, 0.15) is 6.04 Å². The summed E-state index contributed by atoms with van der Waals surface area (Å²) in [6, 6.07) is 17.1. The molecule has 0 fully saturated rings. The van der Waals surface area contributed by atoms with Crippen LogP contribution in [0.15, 0.2) is 66.9 Å². The molecule has 0 saturated heterocycles. The molecule has 1 atom stereocenters. The van der Waals surface area contributed by atoms with Gasteiger partial charge in [-0.25, -0.2) is 0 Å². The molecule has 0 aliphatic rings. The summed E-state index contributed by atoms with van der Waals surface area (Å²) in [7, 11) is 0. The fourth-order valence-corrected chi connectivity index (χ4v) is 2.64. The van der Waals surface area contributed by atoms with Gasteiger partial charge in [0.2, 0.25) is 5.91 Å². The van der Waals surface area contributed by atoms with Crippen molar-refractivity contribution in [2.75, 3.05) is 6.61 Å². The minimum atomic E-state index is -1.02. The van der Waals surface area contributed by atoms with Gasteiger partial charge in [0, 0.05) is 23.7 Å². The quantitative estimate of drug-likeness (QED) is 0.631. The lowest BCUT2D eigenvalue weighted by Crippen LogP contribution is -2.48. The number of aromatic nitrogens is 1. The minimum absolute atomic E-state index is 0.255. The van der Waals surface area contributed by atoms with Crippen molar-refractivity contribution in [3.63, 3.8) is 0 Å². The number of rotatable bonds is 6. The third kappa shape index (κ3) is 4.04. The standard InChI is InChI=1S/C20H19N3O3/c24-13-17(23-19(25)15-6-2-1-3-7-15)20(26)22-12-16-9-4-8-14-10-5-11-21-18(14)16/h1-11,17,24H,12-13H2,(H,22,26)(H,23,25)/t17-/m1/s1. The molecule has 2 aromatic carbocycles. The van der Waals surface area contributed by atoms with Crippen molar-refractivity contribution in [3.05, 3.63) is 78.0 Å². The lowest BCUT2D eigenvalue weighted by Gasteiger charge is -2.16. The van der Waals surface area contributed by atoms with Gasteiger partial charge in [-0.1, -0.05) is 42.5 Å². The van der Waals surface area contributed by atoms with E-state index in [1.165, 1.54) is 0 Å². The Bertz CT molecular complexity index is 907. The van der Waals surface area contributed by atoms with Crippen molar-refractivity contribution < 1.29 is 14.7 Å². The molecule has 2 amide bonds. The van der Waals surface area contributed by atoms with Gasteiger partial charge in [0.25, 0.3) is 5.91 Å². The molecular formula is C20H19N3O3. The summed E-state index contributed by atoms with van der Waals surface area (Å²) in [4.78, 5) is 28.8. The summed E-state index contributed by atoms with van der Waals surface area (Å²) in [5.41, 5.74) is 2.10. The van der Waals surface area contributed by atoms with Crippen LogP contribution in [0.5, 0.6) is 0 Å². The highest BCUT2D eigenvalue weighted by Crippen LogP contribution is 2.15. The molecule has 0 spiro atoms. The fraction of sp³-hybridized carbons (Fsp3) is 0.150. The molecule has 6 heteroatoms. The first kappa shape index (κ1) is 17.6. The third-order valence-corrected chi connectivity index (χ3v) is 4.01. The second kappa shape index (κ2) is 8.22. The van der Waals surface area contributed by atoms with Gasteiger partial charge in [0.05, 0.1) is 12.1 Å². The molecule has 0 unspecified atom stereocenters. The first-order valence-electron chi connectivity index (χ1n) is 8.26. The van der Waals surface area contributed by atoms with Crippen LogP contribution in [-0.2, 0) is 11.3 Å². The second-order valence-corrected chi connectivity index (χ2v) is 5.78. The maximum Gasteiger partial charge on any atom is 0.251 e. The number of hydrogen-bond donors (Lipinski definition) is 3. The van der Waals surface area contributed by atoms with Crippen LogP contribution < -0.4 is 10.6 Å². The molecule has 0 aliphatic heterocycles. The number of pyridine rings is 1. The first-order valence-corrected chi connectivity index (χ1v) is 8.26. The highest BCUT2D eigenvalue weighted by atomic mass is 16.3. The lowest BCUT2D eigenvalue weighted by atomic mass is 10.1. The van der Waals surface area contributed by atoms with E-state index >= 15 is 0 Å². The average Bonchev–Trinajstić information content (AvgIpc) is 2.70. The van der Waals surface area contributed by atoms with Crippen LogP contribution in [0, 0.1) is 0 Å². The third-order valence-electron chi connectivity index (χ3n) is 4.01. The smallest absolute Gasteiger partial charge is 0.251 e. The van der Waals surface area contributed by atoms with E-state index in [1.807, 2.05) is 30.3 Å². The topological polar surface area (TPSA) is 91.3 Å². The largest absolute Gasteiger partial charge is 0.394 e. The summed E-state index contributed by atoms with van der Waals surface area (Å²) in [5, 5.41) is 15.7. The SMILES string of the molecule is O=C(N[C@H](CO)C(=O)NCc1cccc2cccnc12)c1ccccc1. The van der Waals surface area contributed by atoms with Crippen LogP contribution in [0.3, 0.4) is 0 Å². The molecule has 1 heterocycles. The summed E-state index contributed by atoms with van der Waals surface area (Å²) >= 11 is 0. The van der Waals surface area contributed by atoms with Crippen LogP contribution in [0.4, 0.5) is 0 Å². The Balaban J connectivity index is 1.65. The molecule has 1 aromatic heterocycles. The Labute approximate surface area is 150 Å². The second-order valence-electron chi connectivity index (χ2n) is 5.78. The number of nitrogens with one attached hydrogen (secondary N) is 2. The van der Waals surface area contributed by atoms with E-state index < -0.39 is 24.5 Å². The van der Waals surface area contributed by atoms with Crippen molar-refractivity contribution in [3.8, 4) is 0 Å². The van der Waals surface area contributed by atoms with Crippen molar-refractivity contribution >= 4 is 22.7 Å². The van der Waals surface area contributed by atoms with Gasteiger partial charge in [-0.3, -0.25) is 14.6 Å². The molecule has 0 aliphatic carbocycles. The molecule has 0 radical (unpaired) electrons. The van der Waals surface area contributed by atoms with Crippen molar-refractivity contribution in [1.82, 2.24) is 15.6 Å². The summed E-state index contributed by atoms with van der Waals surface area (Å²) in [6.07, 6.45) is 1.70. The van der Waals surface area contributed by atoms with Crippen molar-refractivity contribution in [2.24, 2.45) is 0 Å². The number of fused-ring (bicyclic) bond motifs is 1. The Kier molecular flexibility index (Phi) is 5.56. The molecule has 0 bridgehead atoms. The normalized spacial score (nSPS) is 11.7. The van der Waals surface area contributed by atoms with Gasteiger partial charge in [0.15, 0.2) is 0 Å². The molecule has 3 N–H and O–H groups in total. The van der Waals surface area contributed by atoms with E-state index in [1.54, 1.807) is 36.5 Å². The molecule has 26 heavy (non-hydrogen) atoms. The lowest BCUT2D eigenvalue weighted by molar-refractivity contribution is -0.124. The Hall–Kier alpha value is -3.25. The van der Waals surface area contributed by atoms with E-state index in [0.29, 0.717) is 5.56 Å². The minimum Gasteiger partial charge on any atom is -0.394 e. The first-order chi connectivity index (χ1) is 12.7. The maximum absolute atomic E-state index is 12.3. The molecular weight excluding hydrogens is 330 g/mol. The van der Waals surface area contributed by atoms with E-state index in [-0.39, 0.29) is 6.54 Å². The molecule has 132 valence electrons. The number of carbonyl (C=O) groups is 2. The summed E-state index contributed by atoms with van der Waals surface area (Å²) in [6.45, 7) is -0.233. The number of aliphatic hydroxyl groups excluding tert-OH is 1. The van der Waals surface area contributed by atoms with Crippen molar-refractivity contribution in [1.29, 1.82) is 0 Å². The van der Waals surface area contributed by atoms with Crippen molar-refractivity contribution in [2.45, 2.75) is 12.6 Å². The van der Waals surface area contributed by atoms with E-state index in [2.05, 4.69) is 15.6 Å². The number of para-hydroxylation sites is 1. The predicted octanol–water partition coefficient (Wildman–Crippen LogP) is 1.64. The zero-order valence-electron chi connectivity index (χ0n) is 14.1. The number of aliphatic hydroxyl groups is 1. The Morgan fingerprint density at radius 3 is 2.54 bits per heavy atom. The molecule has 3 rings (SSSR count). The molecule has 0 saturated carbocycles. The Morgan fingerprint density at radius 1 is 1.00 bits per heavy atom. The Morgan fingerprint density at radius 2 is 1.77 bits per heavy atom. The number of carbonyl (C=O) groups excluding carboxylic acids is 2. The van der Waals surface area contributed by atoms with Gasteiger partial charge >= 0.3 is 0 Å². The number of hydrogen-bond acceptors (Lipinski definition) is 4. The van der Waals surface area contributed by atoms with Crippen LogP contribution in [0.2, 0.25) is 0 Å². The van der Waals surface area contributed by atoms with Crippen LogP contribution in [-0.4, -0.2) is 34.6 Å². The maximum atomic E-state index is 12.3. The number of amides is 2. The van der Waals surface area contributed by atoms with Crippen LogP contribution in [0.25, 0.3) is 10.9 Å². The zero-order valence-corrected chi connectivity index (χ0v) is 14.1. The highest BCUT2D eigenvalue weighted by molar-refractivity contribution is 5.97. The average molecular weight is 349 g/mol. The summed E-state index contributed by atoms with van der Waals surface area (Å²) in [5.74, 6) is -0.864. The van der Waals surface area contributed by atoms with Gasteiger partial charge in [-0.05, 0) is 23.8 Å². The monoisotopic (exact) mass is 349 g/mol. The summed E-state index contributed by atoms with van der Waals surface area (Å²) < 4.78 is 0. The molecule has 3 aromatic rings. The highest BCUT2D eigenvalue weighted by Gasteiger charge is 2.20. The van der Waals surface area contributed by atoms with Gasteiger partial charge in [-0.2, -0.15) is 0 Å². The van der Waals surface area contributed by atoms with Crippen LogP contribution in [0.1, 0.15) is 15.9 Å². The van der Waals surface area contributed by atoms with Crippen LogP contribution >= 0.6 is 0 Å². The van der Waals surface area contributed by atoms with Gasteiger partial charge < -0.3 is 15.7 Å². The zero-order chi connectivity index (χ0) is 18.4.